The highest BCUT2D eigenvalue weighted by atomic mass is 16.2. The number of hydrogen-bond donors (Lipinski definition) is 1. The number of hydrogen-bond acceptors (Lipinski definition) is 2. The highest BCUT2D eigenvalue weighted by molar-refractivity contribution is 5.79. The van der Waals surface area contributed by atoms with Crippen LogP contribution >= 0.6 is 0 Å². The summed E-state index contributed by atoms with van der Waals surface area (Å²) in [5.41, 5.74) is 8.47. The van der Waals surface area contributed by atoms with Gasteiger partial charge in [-0.1, -0.05) is 45.0 Å². The van der Waals surface area contributed by atoms with Crippen LogP contribution in [-0.2, 0) is 16.6 Å². The quantitative estimate of drug-likeness (QED) is 0.875. The summed E-state index contributed by atoms with van der Waals surface area (Å²) in [4.78, 5) is 14.3. The number of carbonyl (C=O) groups is 1. The number of rotatable bonds is 6. The zero-order chi connectivity index (χ0) is 16.0. The Labute approximate surface area is 129 Å². The molecule has 1 unspecified atom stereocenters. The third-order valence-corrected chi connectivity index (χ3v) is 4.01. The first kappa shape index (κ1) is 17.7. The van der Waals surface area contributed by atoms with Crippen LogP contribution in [0.1, 0.15) is 45.7 Å². The molecule has 0 aliphatic heterocycles. The molecular formula is C18H30N2O. The number of nitrogens with zero attached hydrogens (tertiary/aromatic N) is 1. The molecule has 0 heterocycles. The van der Waals surface area contributed by atoms with E-state index in [1.807, 2.05) is 18.7 Å². The van der Waals surface area contributed by atoms with E-state index in [1.165, 1.54) is 11.1 Å². The number of amides is 1. The van der Waals surface area contributed by atoms with Crippen LogP contribution in [0.5, 0.6) is 0 Å². The molecular weight excluding hydrogens is 260 g/mol. The first-order valence-corrected chi connectivity index (χ1v) is 7.91. The van der Waals surface area contributed by atoms with Gasteiger partial charge in [0.25, 0.3) is 0 Å². The average molecular weight is 290 g/mol. The van der Waals surface area contributed by atoms with Gasteiger partial charge >= 0.3 is 0 Å². The fourth-order valence-corrected chi connectivity index (χ4v) is 2.49. The molecule has 1 aromatic rings. The van der Waals surface area contributed by atoms with E-state index in [4.69, 9.17) is 5.73 Å². The van der Waals surface area contributed by atoms with Crippen molar-refractivity contribution in [1.82, 2.24) is 4.90 Å². The van der Waals surface area contributed by atoms with E-state index < -0.39 is 0 Å². The Bertz CT molecular complexity index is 441. The van der Waals surface area contributed by atoms with E-state index in [-0.39, 0.29) is 17.2 Å². The summed E-state index contributed by atoms with van der Waals surface area (Å²) in [5, 5.41) is 0. The molecule has 3 heteroatoms. The van der Waals surface area contributed by atoms with Crippen molar-refractivity contribution < 1.29 is 4.79 Å². The lowest BCUT2D eigenvalue weighted by atomic mass is 9.86. The van der Waals surface area contributed by atoms with Crippen LogP contribution in [0.3, 0.4) is 0 Å². The third kappa shape index (κ3) is 4.85. The van der Waals surface area contributed by atoms with Gasteiger partial charge in [0.15, 0.2) is 0 Å². The molecule has 118 valence electrons. The van der Waals surface area contributed by atoms with E-state index in [0.29, 0.717) is 6.54 Å². The fourth-order valence-electron chi connectivity index (χ4n) is 2.49. The number of carbonyl (C=O) groups excluding carboxylic acids is 1. The Morgan fingerprint density at radius 2 is 1.67 bits per heavy atom. The number of benzene rings is 1. The van der Waals surface area contributed by atoms with Gasteiger partial charge in [0.1, 0.15) is 0 Å². The van der Waals surface area contributed by atoms with Gasteiger partial charge in [-0.05, 0) is 36.8 Å². The average Bonchev–Trinajstić information content (AvgIpc) is 2.45. The smallest absolute Gasteiger partial charge is 0.227 e. The van der Waals surface area contributed by atoms with Gasteiger partial charge in [0.05, 0.1) is 5.92 Å². The summed E-state index contributed by atoms with van der Waals surface area (Å²) in [7, 11) is 0. The molecule has 1 atom stereocenters. The molecule has 0 aliphatic rings. The molecule has 1 amide bonds. The van der Waals surface area contributed by atoms with Crippen LogP contribution < -0.4 is 5.73 Å². The lowest BCUT2D eigenvalue weighted by Gasteiger charge is -2.25. The second-order valence-corrected chi connectivity index (χ2v) is 6.59. The topological polar surface area (TPSA) is 46.3 Å². The van der Waals surface area contributed by atoms with Crippen molar-refractivity contribution >= 4 is 5.91 Å². The molecule has 1 rings (SSSR count). The summed E-state index contributed by atoms with van der Waals surface area (Å²) in [6, 6.07) is 8.56. The van der Waals surface area contributed by atoms with Crippen molar-refractivity contribution in [1.29, 1.82) is 0 Å². The molecule has 1 aromatic carbocycles. The largest absolute Gasteiger partial charge is 0.343 e. The molecule has 0 saturated heterocycles. The van der Waals surface area contributed by atoms with E-state index in [9.17, 15) is 4.79 Å². The van der Waals surface area contributed by atoms with Gasteiger partial charge in [0, 0.05) is 19.6 Å². The SMILES string of the molecule is CCN(CC)C(=O)C(CN)Cc1ccc(C(C)(C)C)cc1. The van der Waals surface area contributed by atoms with Crippen LogP contribution in [0.4, 0.5) is 0 Å². The minimum absolute atomic E-state index is 0.120. The van der Waals surface area contributed by atoms with E-state index in [2.05, 4.69) is 45.0 Å². The van der Waals surface area contributed by atoms with Crippen molar-refractivity contribution in [3.05, 3.63) is 35.4 Å². The summed E-state index contributed by atoms with van der Waals surface area (Å²) in [5.74, 6) is 0.0489. The Kier molecular flexibility index (Phi) is 6.41. The molecule has 0 aliphatic carbocycles. The predicted molar refractivity (Wildman–Crippen MR) is 89.3 cm³/mol. The molecule has 0 fully saturated rings. The molecule has 0 aromatic heterocycles. The minimum atomic E-state index is -0.120. The van der Waals surface area contributed by atoms with Crippen molar-refractivity contribution in [3.63, 3.8) is 0 Å². The molecule has 0 bridgehead atoms. The Hall–Kier alpha value is -1.35. The summed E-state index contributed by atoms with van der Waals surface area (Å²) < 4.78 is 0. The second-order valence-electron chi connectivity index (χ2n) is 6.59. The third-order valence-electron chi connectivity index (χ3n) is 4.01. The van der Waals surface area contributed by atoms with Gasteiger partial charge in [-0.25, -0.2) is 0 Å². The maximum absolute atomic E-state index is 12.4. The monoisotopic (exact) mass is 290 g/mol. The van der Waals surface area contributed by atoms with Gasteiger partial charge in [-0.3, -0.25) is 4.79 Å². The highest BCUT2D eigenvalue weighted by Crippen LogP contribution is 2.23. The standard InChI is InChI=1S/C18H30N2O/c1-6-20(7-2)17(21)15(13-19)12-14-8-10-16(11-9-14)18(3,4)5/h8-11,15H,6-7,12-13,19H2,1-5H3. The maximum Gasteiger partial charge on any atom is 0.227 e. The lowest BCUT2D eigenvalue weighted by molar-refractivity contribution is -0.134. The zero-order valence-electron chi connectivity index (χ0n) is 14.1. The molecule has 0 radical (unpaired) electrons. The number of nitrogens with two attached hydrogens (primary N) is 1. The fraction of sp³-hybridized carbons (Fsp3) is 0.611. The summed E-state index contributed by atoms with van der Waals surface area (Å²) in [6.07, 6.45) is 0.719. The summed E-state index contributed by atoms with van der Waals surface area (Å²) >= 11 is 0. The van der Waals surface area contributed by atoms with E-state index in [1.54, 1.807) is 0 Å². The molecule has 3 nitrogen and oxygen atoms in total. The van der Waals surface area contributed by atoms with Gasteiger partial charge in [-0.2, -0.15) is 0 Å². The van der Waals surface area contributed by atoms with Gasteiger partial charge in [0.2, 0.25) is 5.91 Å². The summed E-state index contributed by atoms with van der Waals surface area (Å²) in [6.45, 7) is 12.5. The molecule has 21 heavy (non-hydrogen) atoms. The Morgan fingerprint density at radius 1 is 1.14 bits per heavy atom. The van der Waals surface area contributed by atoms with Crippen LogP contribution in [0.25, 0.3) is 0 Å². The van der Waals surface area contributed by atoms with Crippen molar-refractivity contribution in [3.8, 4) is 0 Å². The highest BCUT2D eigenvalue weighted by Gasteiger charge is 2.22. The Balaban J connectivity index is 2.80. The second kappa shape index (κ2) is 7.60. The Morgan fingerprint density at radius 3 is 2.05 bits per heavy atom. The van der Waals surface area contributed by atoms with Gasteiger partial charge < -0.3 is 10.6 Å². The van der Waals surface area contributed by atoms with Crippen LogP contribution in [0, 0.1) is 5.92 Å². The van der Waals surface area contributed by atoms with Crippen molar-refractivity contribution in [2.24, 2.45) is 11.7 Å². The normalized spacial score (nSPS) is 13.0. The van der Waals surface area contributed by atoms with Crippen molar-refractivity contribution in [2.45, 2.75) is 46.5 Å². The molecule has 0 saturated carbocycles. The van der Waals surface area contributed by atoms with Crippen LogP contribution in [0.2, 0.25) is 0 Å². The zero-order valence-corrected chi connectivity index (χ0v) is 14.1. The van der Waals surface area contributed by atoms with E-state index in [0.717, 1.165) is 19.5 Å². The first-order chi connectivity index (χ1) is 9.83. The van der Waals surface area contributed by atoms with Crippen molar-refractivity contribution in [2.75, 3.05) is 19.6 Å². The van der Waals surface area contributed by atoms with Crippen LogP contribution in [-0.4, -0.2) is 30.4 Å². The van der Waals surface area contributed by atoms with E-state index >= 15 is 0 Å². The molecule has 2 N–H and O–H groups in total. The minimum Gasteiger partial charge on any atom is -0.343 e. The van der Waals surface area contributed by atoms with Crippen LogP contribution in [0.15, 0.2) is 24.3 Å². The lowest BCUT2D eigenvalue weighted by Crippen LogP contribution is -2.39. The molecule has 0 spiro atoms. The maximum atomic E-state index is 12.4. The first-order valence-electron chi connectivity index (χ1n) is 7.91. The van der Waals surface area contributed by atoms with Gasteiger partial charge in [-0.15, -0.1) is 0 Å². The predicted octanol–water partition coefficient (Wildman–Crippen LogP) is 2.97.